The smallest absolute Gasteiger partial charge is 0.0667 e. The summed E-state index contributed by atoms with van der Waals surface area (Å²) in [6.45, 7) is 1.85. The first-order valence-corrected chi connectivity index (χ1v) is 6.74. The number of rotatable bonds is 7. The normalized spacial score (nSPS) is 25.9. The second-order valence-corrected chi connectivity index (χ2v) is 5.83. The molecular weight excluding hydrogens is 202 g/mol. The predicted molar refractivity (Wildman–Crippen MR) is 64.2 cm³/mol. The summed E-state index contributed by atoms with van der Waals surface area (Å²) in [5, 5.41) is 22.3. The highest BCUT2D eigenvalue weighted by atomic mass is 16.3. The molecule has 0 bridgehead atoms. The Balaban J connectivity index is 1.55. The van der Waals surface area contributed by atoms with Crippen LogP contribution in [0.15, 0.2) is 0 Å². The van der Waals surface area contributed by atoms with Crippen LogP contribution >= 0.6 is 0 Å². The minimum atomic E-state index is -0.197. The second-order valence-electron chi connectivity index (χ2n) is 5.83. The summed E-state index contributed by atoms with van der Waals surface area (Å²) < 4.78 is 0. The van der Waals surface area contributed by atoms with Gasteiger partial charge in [-0.05, 0) is 25.2 Å². The highest BCUT2D eigenvalue weighted by molar-refractivity contribution is 4.94. The van der Waals surface area contributed by atoms with Crippen LogP contribution in [0.5, 0.6) is 0 Å². The quantitative estimate of drug-likeness (QED) is 0.614. The molecule has 2 aliphatic carbocycles. The van der Waals surface area contributed by atoms with E-state index in [2.05, 4.69) is 5.32 Å². The molecule has 1 unspecified atom stereocenters. The third-order valence-corrected chi connectivity index (χ3v) is 4.25. The van der Waals surface area contributed by atoms with Crippen LogP contribution in [0.25, 0.3) is 0 Å². The van der Waals surface area contributed by atoms with E-state index in [0.29, 0.717) is 13.2 Å². The van der Waals surface area contributed by atoms with Gasteiger partial charge in [-0.1, -0.05) is 25.7 Å². The summed E-state index contributed by atoms with van der Waals surface area (Å²) in [4.78, 5) is 0. The molecule has 0 aromatic heterocycles. The zero-order valence-corrected chi connectivity index (χ0v) is 10.1. The fourth-order valence-electron chi connectivity index (χ4n) is 2.79. The molecule has 2 aliphatic rings. The molecule has 0 aromatic carbocycles. The lowest BCUT2D eigenvalue weighted by Crippen LogP contribution is -2.33. The molecule has 94 valence electrons. The summed E-state index contributed by atoms with van der Waals surface area (Å²) in [6.07, 6.45) is 8.33. The molecule has 0 radical (unpaired) electrons. The van der Waals surface area contributed by atoms with Gasteiger partial charge in [0.15, 0.2) is 0 Å². The molecule has 16 heavy (non-hydrogen) atoms. The van der Waals surface area contributed by atoms with Crippen molar-refractivity contribution in [1.82, 2.24) is 5.32 Å². The Kier molecular flexibility index (Phi) is 4.22. The van der Waals surface area contributed by atoms with Gasteiger partial charge in [-0.3, -0.25) is 0 Å². The molecule has 0 aliphatic heterocycles. The van der Waals surface area contributed by atoms with E-state index in [-0.39, 0.29) is 11.5 Å². The third-order valence-electron chi connectivity index (χ3n) is 4.25. The van der Waals surface area contributed by atoms with Gasteiger partial charge in [0, 0.05) is 25.1 Å². The van der Waals surface area contributed by atoms with Crippen molar-refractivity contribution in [2.45, 2.75) is 51.0 Å². The van der Waals surface area contributed by atoms with Gasteiger partial charge in [0.2, 0.25) is 0 Å². The number of aliphatic hydroxyl groups is 2. The molecule has 0 spiro atoms. The van der Waals surface area contributed by atoms with Gasteiger partial charge in [-0.2, -0.15) is 0 Å². The Morgan fingerprint density at radius 2 is 1.94 bits per heavy atom. The molecule has 2 rings (SSSR count). The molecule has 0 aromatic rings. The van der Waals surface area contributed by atoms with E-state index in [1.165, 1.54) is 25.7 Å². The minimum absolute atomic E-state index is 0.160. The molecule has 0 heterocycles. The topological polar surface area (TPSA) is 52.5 Å². The van der Waals surface area contributed by atoms with Crippen molar-refractivity contribution >= 4 is 0 Å². The molecule has 0 amide bonds. The van der Waals surface area contributed by atoms with Gasteiger partial charge in [-0.15, -0.1) is 0 Å². The van der Waals surface area contributed by atoms with E-state index in [0.717, 1.165) is 31.7 Å². The van der Waals surface area contributed by atoms with Gasteiger partial charge in [0.25, 0.3) is 0 Å². The molecule has 1 atom stereocenters. The van der Waals surface area contributed by atoms with Crippen LogP contribution in [0, 0.1) is 11.3 Å². The van der Waals surface area contributed by atoms with Crippen molar-refractivity contribution in [2.24, 2.45) is 11.3 Å². The number of aliphatic hydroxyl groups excluding tert-OH is 2. The van der Waals surface area contributed by atoms with Crippen molar-refractivity contribution in [3.05, 3.63) is 0 Å². The van der Waals surface area contributed by atoms with E-state index in [1.807, 2.05) is 0 Å². The van der Waals surface area contributed by atoms with Gasteiger partial charge in [0.05, 0.1) is 6.10 Å². The summed E-state index contributed by atoms with van der Waals surface area (Å²) >= 11 is 0. The molecular formula is C13H25NO2. The van der Waals surface area contributed by atoms with Crippen LogP contribution in [-0.2, 0) is 0 Å². The fourth-order valence-corrected chi connectivity index (χ4v) is 2.79. The average Bonchev–Trinajstić information content (AvgIpc) is 2.87. The van der Waals surface area contributed by atoms with Gasteiger partial charge in [0.1, 0.15) is 0 Å². The van der Waals surface area contributed by atoms with E-state index >= 15 is 0 Å². The standard InChI is InChI=1S/C13H25NO2/c15-10-13(5-6-13)9-14-8-12(16)7-11-3-1-2-4-11/h11-12,14-16H,1-10H2. The summed E-state index contributed by atoms with van der Waals surface area (Å²) in [5.74, 6) is 0.754. The van der Waals surface area contributed by atoms with Crippen LogP contribution in [0.2, 0.25) is 0 Å². The molecule has 3 heteroatoms. The monoisotopic (exact) mass is 227 g/mol. The van der Waals surface area contributed by atoms with E-state index in [4.69, 9.17) is 5.11 Å². The zero-order chi connectivity index (χ0) is 11.4. The van der Waals surface area contributed by atoms with Gasteiger partial charge >= 0.3 is 0 Å². The molecule has 0 saturated heterocycles. The Morgan fingerprint density at radius 1 is 1.25 bits per heavy atom. The van der Waals surface area contributed by atoms with Crippen LogP contribution in [0.3, 0.4) is 0 Å². The highest BCUT2D eigenvalue weighted by Gasteiger charge is 2.41. The van der Waals surface area contributed by atoms with Crippen LogP contribution in [0.1, 0.15) is 44.9 Å². The zero-order valence-electron chi connectivity index (χ0n) is 10.1. The molecule has 2 saturated carbocycles. The molecule has 3 N–H and O–H groups in total. The maximum Gasteiger partial charge on any atom is 0.0667 e. The van der Waals surface area contributed by atoms with Gasteiger partial charge < -0.3 is 15.5 Å². The number of hydrogen-bond acceptors (Lipinski definition) is 3. The van der Waals surface area contributed by atoms with Crippen molar-refractivity contribution < 1.29 is 10.2 Å². The van der Waals surface area contributed by atoms with E-state index in [1.54, 1.807) is 0 Å². The SMILES string of the molecule is OCC1(CNCC(O)CC2CCCC2)CC1. The predicted octanol–water partition coefficient (Wildman–Crippen LogP) is 1.29. The van der Waals surface area contributed by atoms with Crippen LogP contribution in [-0.4, -0.2) is 36.0 Å². The van der Waals surface area contributed by atoms with Crippen LogP contribution in [0.4, 0.5) is 0 Å². The van der Waals surface area contributed by atoms with Crippen molar-refractivity contribution in [3.63, 3.8) is 0 Å². The third kappa shape index (κ3) is 3.44. The minimum Gasteiger partial charge on any atom is -0.396 e. The lowest BCUT2D eigenvalue weighted by molar-refractivity contribution is 0.134. The first-order valence-electron chi connectivity index (χ1n) is 6.74. The summed E-state index contributed by atoms with van der Waals surface area (Å²) in [6, 6.07) is 0. The Bertz CT molecular complexity index is 210. The largest absolute Gasteiger partial charge is 0.396 e. The summed E-state index contributed by atoms with van der Waals surface area (Å²) in [7, 11) is 0. The second kappa shape index (κ2) is 5.48. The number of nitrogens with one attached hydrogen (secondary N) is 1. The Morgan fingerprint density at radius 3 is 2.50 bits per heavy atom. The lowest BCUT2D eigenvalue weighted by atomic mass is 10.00. The lowest BCUT2D eigenvalue weighted by Gasteiger charge is -2.18. The van der Waals surface area contributed by atoms with Crippen molar-refractivity contribution in [3.8, 4) is 0 Å². The van der Waals surface area contributed by atoms with E-state index in [9.17, 15) is 5.11 Å². The molecule has 3 nitrogen and oxygen atoms in total. The average molecular weight is 227 g/mol. The highest BCUT2D eigenvalue weighted by Crippen LogP contribution is 2.44. The van der Waals surface area contributed by atoms with Gasteiger partial charge in [-0.25, -0.2) is 0 Å². The fraction of sp³-hybridized carbons (Fsp3) is 1.00. The summed E-state index contributed by atoms with van der Waals surface area (Å²) in [5.41, 5.74) is 0.160. The first kappa shape index (κ1) is 12.3. The van der Waals surface area contributed by atoms with Crippen molar-refractivity contribution in [1.29, 1.82) is 0 Å². The first-order chi connectivity index (χ1) is 7.74. The maximum atomic E-state index is 9.87. The van der Waals surface area contributed by atoms with Crippen LogP contribution < -0.4 is 5.32 Å². The Labute approximate surface area is 98.2 Å². The Hall–Kier alpha value is -0.120. The van der Waals surface area contributed by atoms with E-state index < -0.39 is 0 Å². The molecule has 2 fully saturated rings. The maximum absolute atomic E-state index is 9.87. The van der Waals surface area contributed by atoms with Crippen molar-refractivity contribution in [2.75, 3.05) is 19.7 Å². The number of hydrogen-bond donors (Lipinski definition) is 3.